The van der Waals surface area contributed by atoms with Crippen LogP contribution >= 0.6 is 11.6 Å². The summed E-state index contributed by atoms with van der Waals surface area (Å²) < 4.78 is 46.2. The van der Waals surface area contributed by atoms with Crippen molar-refractivity contribution in [3.63, 3.8) is 0 Å². The highest BCUT2D eigenvalue weighted by Crippen LogP contribution is 2.33. The minimum absolute atomic E-state index is 0.363. The Balaban J connectivity index is 0. The van der Waals surface area contributed by atoms with Gasteiger partial charge in [-0.25, -0.2) is 0 Å². The van der Waals surface area contributed by atoms with Crippen molar-refractivity contribution in [3.05, 3.63) is 28.5 Å². The third-order valence-electron chi connectivity index (χ3n) is 2.34. The van der Waals surface area contributed by atoms with E-state index in [4.69, 9.17) is 11.6 Å². The number of ether oxygens (including phenoxy) is 2. The van der Waals surface area contributed by atoms with Crippen molar-refractivity contribution in [1.82, 2.24) is 4.98 Å². The van der Waals surface area contributed by atoms with Gasteiger partial charge in [0.1, 0.15) is 0 Å². The number of nitrogens with zero attached hydrogens (tertiary/aromatic N) is 1. The maximum Gasteiger partial charge on any atom is 0.417 e. The second kappa shape index (κ2) is 11.7. The fourth-order valence-corrected chi connectivity index (χ4v) is 1.65. The first-order chi connectivity index (χ1) is 11.2. The van der Waals surface area contributed by atoms with Gasteiger partial charge in [-0.3, -0.25) is 14.6 Å². The van der Waals surface area contributed by atoms with Gasteiger partial charge < -0.3 is 9.47 Å². The molecule has 0 amide bonds. The number of hydrogen-bond donors (Lipinski definition) is 0. The zero-order chi connectivity index (χ0) is 19.5. The van der Waals surface area contributed by atoms with Crippen molar-refractivity contribution in [3.8, 4) is 0 Å². The van der Waals surface area contributed by atoms with Crippen LogP contribution in [0, 0.1) is 0 Å². The number of aromatic nitrogens is 1. The fraction of sp³-hybridized carbons (Fsp3) is 0.533. The lowest BCUT2D eigenvalue weighted by Gasteiger charge is -2.14. The Morgan fingerprint density at radius 2 is 1.50 bits per heavy atom. The molecule has 138 valence electrons. The van der Waals surface area contributed by atoms with Crippen molar-refractivity contribution >= 4 is 23.5 Å². The van der Waals surface area contributed by atoms with Gasteiger partial charge in [-0.15, -0.1) is 0 Å². The molecule has 0 fully saturated rings. The molecule has 0 aromatic carbocycles. The smallest absolute Gasteiger partial charge is 0.417 e. The molecule has 9 heteroatoms. The zero-order valence-corrected chi connectivity index (χ0v) is 15.1. The van der Waals surface area contributed by atoms with Crippen LogP contribution < -0.4 is 0 Å². The number of alkyl halides is 3. The van der Waals surface area contributed by atoms with Crippen molar-refractivity contribution < 1.29 is 32.2 Å². The monoisotopic (exact) mass is 371 g/mol. The van der Waals surface area contributed by atoms with E-state index < -0.39 is 34.6 Å². The van der Waals surface area contributed by atoms with Crippen molar-refractivity contribution in [2.75, 3.05) is 14.2 Å². The summed E-state index contributed by atoms with van der Waals surface area (Å²) in [6.07, 6.45) is -4.17. The predicted molar refractivity (Wildman–Crippen MR) is 83.7 cm³/mol. The largest absolute Gasteiger partial charge is 0.468 e. The minimum atomic E-state index is -4.64. The highest BCUT2D eigenvalue weighted by Gasteiger charge is 2.36. The van der Waals surface area contributed by atoms with Gasteiger partial charge >= 0.3 is 18.1 Å². The van der Waals surface area contributed by atoms with Gasteiger partial charge in [0.15, 0.2) is 5.92 Å². The summed E-state index contributed by atoms with van der Waals surface area (Å²) >= 11 is 5.65. The first-order valence-corrected chi connectivity index (χ1v) is 7.48. The van der Waals surface area contributed by atoms with Crippen LogP contribution in [0.25, 0.3) is 0 Å². The second-order valence-corrected chi connectivity index (χ2v) is 3.98. The number of rotatable bonds is 3. The molecule has 1 heterocycles. The first kappa shape index (κ1) is 24.4. The molecule has 1 rings (SSSR count). The molecule has 0 radical (unpaired) electrons. The molecule has 0 aliphatic rings. The van der Waals surface area contributed by atoms with Crippen molar-refractivity contribution in [2.45, 2.75) is 39.8 Å². The van der Waals surface area contributed by atoms with Crippen LogP contribution in [-0.2, 0) is 25.2 Å². The standard InChI is InChI=1S/C11H9ClF3NO4.2C2H6/c1-19-9(17)7(10(18)20-2)8-6(12)3-5(4-16-8)11(13,14)15;2*1-2/h3-4,7H,1-2H3;2*1-2H3. The number of methoxy groups -OCH3 is 2. The highest BCUT2D eigenvalue weighted by molar-refractivity contribution is 6.32. The Kier molecular flexibility index (Phi) is 11.9. The molecule has 0 atom stereocenters. The SMILES string of the molecule is CC.CC.COC(=O)C(C(=O)OC)c1ncc(C(F)(F)F)cc1Cl. The Bertz CT molecular complexity index is 520. The van der Waals surface area contributed by atoms with Crippen LogP contribution in [0.4, 0.5) is 13.2 Å². The Hall–Kier alpha value is -1.83. The van der Waals surface area contributed by atoms with Crippen LogP contribution in [0.15, 0.2) is 12.3 Å². The molecule has 0 saturated heterocycles. The third-order valence-corrected chi connectivity index (χ3v) is 2.65. The van der Waals surface area contributed by atoms with Gasteiger partial charge in [-0.2, -0.15) is 13.2 Å². The second-order valence-electron chi connectivity index (χ2n) is 3.57. The molecule has 24 heavy (non-hydrogen) atoms. The first-order valence-electron chi connectivity index (χ1n) is 7.10. The molecule has 1 aromatic rings. The summed E-state index contributed by atoms with van der Waals surface area (Å²) in [5.41, 5.74) is -1.46. The summed E-state index contributed by atoms with van der Waals surface area (Å²) in [6, 6.07) is 0.572. The number of hydrogen-bond acceptors (Lipinski definition) is 5. The van der Waals surface area contributed by atoms with E-state index >= 15 is 0 Å². The van der Waals surface area contributed by atoms with E-state index in [0.717, 1.165) is 14.2 Å². The number of carbonyl (C=O) groups is 2. The van der Waals surface area contributed by atoms with Gasteiger partial charge in [0.2, 0.25) is 0 Å². The molecule has 1 aromatic heterocycles. The number of esters is 2. The van der Waals surface area contributed by atoms with E-state index in [2.05, 4.69) is 14.5 Å². The molecule has 0 spiro atoms. The highest BCUT2D eigenvalue weighted by atomic mass is 35.5. The van der Waals surface area contributed by atoms with Gasteiger partial charge in [0.05, 0.1) is 30.5 Å². The number of halogens is 4. The van der Waals surface area contributed by atoms with Crippen LogP contribution in [-0.4, -0.2) is 31.1 Å². The molecule has 0 aliphatic heterocycles. The summed E-state index contributed by atoms with van der Waals surface area (Å²) in [5, 5.41) is -0.486. The molecular formula is C15H21ClF3NO4. The predicted octanol–water partition coefficient (Wildman–Crippen LogP) is 4.24. The summed E-state index contributed by atoms with van der Waals surface area (Å²) in [5.74, 6) is -3.71. The normalized spacial score (nSPS) is 9.96. The average Bonchev–Trinajstić information content (AvgIpc) is 2.58. The zero-order valence-electron chi connectivity index (χ0n) is 14.3. The van der Waals surface area contributed by atoms with E-state index in [0.29, 0.717) is 12.3 Å². The third kappa shape index (κ3) is 6.74. The van der Waals surface area contributed by atoms with Gasteiger partial charge in [-0.05, 0) is 6.07 Å². The minimum Gasteiger partial charge on any atom is -0.468 e. The van der Waals surface area contributed by atoms with E-state index in [-0.39, 0.29) is 5.69 Å². The van der Waals surface area contributed by atoms with Crippen molar-refractivity contribution in [2.24, 2.45) is 0 Å². The van der Waals surface area contributed by atoms with Gasteiger partial charge in [0.25, 0.3) is 0 Å². The Labute approximate surface area is 144 Å². The molecule has 5 nitrogen and oxygen atoms in total. The molecule has 0 bridgehead atoms. The van der Waals surface area contributed by atoms with Gasteiger partial charge in [0, 0.05) is 6.20 Å². The molecule has 0 N–H and O–H groups in total. The Morgan fingerprint density at radius 3 is 1.79 bits per heavy atom. The topological polar surface area (TPSA) is 65.5 Å². The molecule has 0 unspecified atom stereocenters. The van der Waals surface area contributed by atoms with Gasteiger partial charge in [-0.1, -0.05) is 39.3 Å². The Morgan fingerprint density at radius 1 is 1.08 bits per heavy atom. The van der Waals surface area contributed by atoms with Crippen molar-refractivity contribution in [1.29, 1.82) is 0 Å². The summed E-state index contributed by atoms with van der Waals surface area (Å²) in [7, 11) is 2.02. The fourth-order valence-electron chi connectivity index (χ4n) is 1.37. The maximum absolute atomic E-state index is 12.5. The van der Waals surface area contributed by atoms with E-state index in [1.807, 2.05) is 27.7 Å². The van der Waals surface area contributed by atoms with Crippen LogP contribution in [0.1, 0.15) is 44.9 Å². The molecular weight excluding hydrogens is 351 g/mol. The van der Waals surface area contributed by atoms with Crippen LogP contribution in [0.3, 0.4) is 0 Å². The molecule has 0 saturated carbocycles. The summed E-state index contributed by atoms with van der Waals surface area (Å²) in [6.45, 7) is 8.00. The summed E-state index contributed by atoms with van der Waals surface area (Å²) in [4.78, 5) is 26.4. The lowest BCUT2D eigenvalue weighted by atomic mass is 10.0. The molecule has 0 aliphatic carbocycles. The number of pyridine rings is 1. The average molecular weight is 372 g/mol. The van der Waals surface area contributed by atoms with Crippen LogP contribution in [0.5, 0.6) is 0 Å². The van der Waals surface area contributed by atoms with E-state index in [1.165, 1.54) is 0 Å². The van der Waals surface area contributed by atoms with Crippen LogP contribution in [0.2, 0.25) is 5.02 Å². The van der Waals surface area contributed by atoms with E-state index in [1.54, 1.807) is 0 Å². The number of carbonyl (C=O) groups excluding carboxylic acids is 2. The van der Waals surface area contributed by atoms with E-state index in [9.17, 15) is 22.8 Å². The lowest BCUT2D eigenvalue weighted by molar-refractivity contribution is -0.154. The quantitative estimate of drug-likeness (QED) is 0.587. The lowest BCUT2D eigenvalue weighted by Crippen LogP contribution is -2.26. The maximum atomic E-state index is 12.5.